The van der Waals surface area contributed by atoms with Crippen molar-refractivity contribution in [2.45, 2.75) is 51.0 Å². The lowest BCUT2D eigenvalue weighted by atomic mass is 10.1. The molecule has 1 aromatic rings. The minimum absolute atomic E-state index is 0.319. The van der Waals surface area contributed by atoms with E-state index in [1.54, 1.807) is 11.3 Å². The number of hydrogen-bond acceptors (Lipinski definition) is 3. The summed E-state index contributed by atoms with van der Waals surface area (Å²) in [4.78, 5) is 14.5. The molecule has 0 aromatic carbocycles. The summed E-state index contributed by atoms with van der Waals surface area (Å²) in [5.41, 5.74) is 1.43. The molecule has 3 heteroatoms. The molecule has 0 radical (unpaired) electrons. The number of hydrogen-bond donors (Lipinski definition) is 0. The van der Waals surface area contributed by atoms with Crippen LogP contribution in [0, 0.1) is 0 Å². The van der Waals surface area contributed by atoms with Crippen LogP contribution in [0.4, 0.5) is 0 Å². The van der Waals surface area contributed by atoms with Crippen molar-refractivity contribution in [1.29, 1.82) is 0 Å². The number of fused-ring (bicyclic) bond motifs is 1. The van der Waals surface area contributed by atoms with Crippen molar-refractivity contribution in [3.05, 3.63) is 21.4 Å². The molecule has 1 saturated heterocycles. The summed E-state index contributed by atoms with van der Waals surface area (Å²) in [5.74, 6) is 0.319. The Bertz CT molecular complexity index is 394. The molecule has 1 aliphatic heterocycles. The van der Waals surface area contributed by atoms with Crippen molar-refractivity contribution in [3.63, 3.8) is 0 Å². The highest BCUT2D eigenvalue weighted by atomic mass is 32.1. The van der Waals surface area contributed by atoms with Crippen LogP contribution in [0.2, 0.25) is 0 Å². The maximum atomic E-state index is 12.1. The van der Waals surface area contributed by atoms with Crippen LogP contribution < -0.4 is 0 Å². The number of aryl methyl sites for hydroxylation is 2. The van der Waals surface area contributed by atoms with Crippen molar-refractivity contribution >= 4 is 17.1 Å². The predicted molar refractivity (Wildman–Crippen MR) is 68.9 cm³/mol. The zero-order valence-electron chi connectivity index (χ0n) is 10.0. The topological polar surface area (TPSA) is 26.3 Å². The first-order valence-corrected chi connectivity index (χ1v) is 7.41. The Kier molecular flexibility index (Phi) is 3.30. The average molecular weight is 250 g/mol. The smallest absolute Gasteiger partial charge is 0.172 e. The molecule has 1 aromatic heterocycles. The first kappa shape index (κ1) is 11.4. The maximum absolute atomic E-state index is 12.1. The highest BCUT2D eigenvalue weighted by molar-refractivity contribution is 7.14. The van der Waals surface area contributed by atoms with Gasteiger partial charge in [-0.2, -0.15) is 0 Å². The molecule has 0 saturated carbocycles. The van der Waals surface area contributed by atoms with E-state index in [1.165, 1.54) is 29.7 Å². The zero-order valence-corrected chi connectivity index (χ0v) is 10.9. The summed E-state index contributed by atoms with van der Waals surface area (Å²) in [7, 11) is 0. The van der Waals surface area contributed by atoms with Gasteiger partial charge in [0.1, 0.15) is 0 Å². The van der Waals surface area contributed by atoms with Gasteiger partial charge in [-0.3, -0.25) is 4.79 Å². The van der Waals surface area contributed by atoms with Crippen molar-refractivity contribution in [1.82, 2.24) is 0 Å². The van der Waals surface area contributed by atoms with Crippen molar-refractivity contribution < 1.29 is 9.53 Å². The molecule has 0 spiro atoms. The van der Waals surface area contributed by atoms with Crippen molar-refractivity contribution in [2.24, 2.45) is 0 Å². The molecule has 1 unspecified atom stereocenters. The van der Waals surface area contributed by atoms with Gasteiger partial charge in [-0.05, 0) is 50.2 Å². The molecule has 2 nitrogen and oxygen atoms in total. The minimum atomic E-state index is 0.319. The van der Waals surface area contributed by atoms with Gasteiger partial charge in [0.15, 0.2) is 5.78 Å². The van der Waals surface area contributed by atoms with Gasteiger partial charge in [0, 0.05) is 17.9 Å². The number of carbonyl (C=O) groups is 1. The van der Waals surface area contributed by atoms with Crippen LogP contribution in [-0.2, 0) is 17.6 Å². The summed E-state index contributed by atoms with van der Waals surface area (Å²) in [5, 5.41) is 0. The Morgan fingerprint density at radius 2 is 2.35 bits per heavy atom. The van der Waals surface area contributed by atoms with E-state index in [4.69, 9.17) is 4.74 Å². The van der Waals surface area contributed by atoms with Crippen LogP contribution in [0.25, 0.3) is 0 Å². The van der Waals surface area contributed by atoms with Crippen molar-refractivity contribution in [2.75, 3.05) is 6.61 Å². The molecule has 0 N–H and O–H groups in total. The third-order valence-electron chi connectivity index (χ3n) is 3.74. The van der Waals surface area contributed by atoms with Gasteiger partial charge < -0.3 is 4.74 Å². The number of carbonyl (C=O) groups excluding carboxylic acids is 1. The third-order valence-corrected chi connectivity index (χ3v) is 5.02. The van der Waals surface area contributed by atoms with Gasteiger partial charge in [0.2, 0.25) is 0 Å². The van der Waals surface area contributed by atoms with Crippen molar-refractivity contribution in [3.8, 4) is 0 Å². The largest absolute Gasteiger partial charge is 0.378 e. The lowest BCUT2D eigenvalue weighted by molar-refractivity contribution is 0.0862. The molecule has 17 heavy (non-hydrogen) atoms. The minimum Gasteiger partial charge on any atom is -0.378 e. The van der Waals surface area contributed by atoms with Gasteiger partial charge in [0.25, 0.3) is 0 Å². The van der Waals surface area contributed by atoms with E-state index in [0.717, 1.165) is 30.7 Å². The van der Waals surface area contributed by atoms with Gasteiger partial charge in [0.05, 0.1) is 11.0 Å². The van der Waals surface area contributed by atoms with Crippen LogP contribution >= 0.6 is 11.3 Å². The molecule has 0 amide bonds. The molecule has 2 heterocycles. The number of Topliss-reactive ketones (excluding diaryl/α,β-unsaturated/α-hetero) is 1. The maximum Gasteiger partial charge on any atom is 0.172 e. The highest BCUT2D eigenvalue weighted by Crippen LogP contribution is 2.31. The Labute approximate surface area is 106 Å². The van der Waals surface area contributed by atoms with E-state index in [9.17, 15) is 4.79 Å². The number of ketones is 1. The fraction of sp³-hybridized carbons (Fsp3) is 0.643. The van der Waals surface area contributed by atoms with Crippen LogP contribution in [0.1, 0.15) is 52.2 Å². The molecule has 1 atom stereocenters. The monoisotopic (exact) mass is 250 g/mol. The molecular weight excluding hydrogens is 232 g/mol. The summed E-state index contributed by atoms with van der Waals surface area (Å²) in [6.07, 6.45) is 7.81. The molecule has 92 valence electrons. The van der Waals surface area contributed by atoms with Gasteiger partial charge in [-0.25, -0.2) is 0 Å². The second-order valence-corrected chi connectivity index (χ2v) is 6.15. The summed E-state index contributed by atoms with van der Waals surface area (Å²) < 4.78 is 5.55. The standard InChI is InChI=1S/C14H18O2S/c15-12(7-6-11-4-2-8-16-11)14-9-10-3-1-5-13(10)17-14/h9,11H,1-8H2. The van der Waals surface area contributed by atoms with Gasteiger partial charge in [-0.1, -0.05) is 0 Å². The van der Waals surface area contributed by atoms with Crippen LogP contribution in [0.3, 0.4) is 0 Å². The Morgan fingerprint density at radius 3 is 3.12 bits per heavy atom. The normalized spacial score (nSPS) is 22.9. The average Bonchev–Trinajstić information content (AvgIpc) is 3.01. The summed E-state index contributed by atoms with van der Waals surface area (Å²) >= 11 is 1.72. The first-order valence-electron chi connectivity index (χ1n) is 6.59. The van der Waals surface area contributed by atoms with E-state index in [1.807, 2.05) is 0 Å². The molecule has 0 bridgehead atoms. The number of ether oxygens (including phenoxy) is 1. The Hall–Kier alpha value is -0.670. The molecule has 3 rings (SSSR count). The molecule has 2 aliphatic rings. The molecular formula is C14H18O2S. The van der Waals surface area contributed by atoms with E-state index in [-0.39, 0.29) is 0 Å². The van der Waals surface area contributed by atoms with Crippen LogP contribution in [-0.4, -0.2) is 18.5 Å². The lowest BCUT2D eigenvalue weighted by Gasteiger charge is -2.07. The Morgan fingerprint density at radius 1 is 1.41 bits per heavy atom. The van der Waals surface area contributed by atoms with E-state index in [2.05, 4.69) is 6.07 Å². The second-order valence-electron chi connectivity index (χ2n) is 5.01. The lowest BCUT2D eigenvalue weighted by Crippen LogP contribution is -2.08. The Balaban J connectivity index is 1.57. The van der Waals surface area contributed by atoms with Gasteiger partial charge >= 0.3 is 0 Å². The fourth-order valence-corrected chi connectivity index (χ4v) is 3.97. The third kappa shape index (κ3) is 2.45. The molecule has 1 aliphatic carbocycles. The van der Waals surface area contributed by atoms with Crippen LogP contribution in [0.5, 0.6) is 0 Å². The predicted octanol–water partition coefficient (Wildman–Crippen LogP) is 3.38. The number of rotatable bonds is 4. The van der Waals surface area contributed by atoms with Crippen LogP contribution in [0.15, 0.2) is 6.07 Å². The highest BCUT2D eigenvalue weighted by Gasteiger charge is 2.20. The summed E-state index contributed by atoms with van der Waals surface area (Å²) in [6, 6.07) is 2.13. The van der Waals surface area contributed by atoms with E-state index >= 15 is 0 Å². The van der Waals surface area contributed by atoms with Gasteiger partial charge in [-0.15, -0.1) is 11.3 Å². The fourth-order valence-electron chi connectivity index (χ4n) is 2.75. The van der Waals surface area contributed by atoms with E-state index in [0.29, 0.717) is 18.3 Å². The number of thiophene rings is 1. The summed E-state index contributed by atoms with van der Waals surface area (Å²) in [6.45, 7) is 0.881. The second kappa shape index (κ2) is 4.91. The SMILES string of the molecule is O=C(CCC1CCCO1)c1cc2c(s1)CCC2. The van der Waals surface area contributed by atoms with E-state index < -0.39 is 0 Å². The quantitative estimate of drug-likeness (QED) is 0.766. The first-order chi connectivity index (χ1) is 8.33. The zero-order chi connectivity index (χ0) is 11.7. The molecule has 1 fully saturated rings.